The molecule has 0 radical (unpaired) electrons. The first kappa shape index (κ1) is 26.2. The second kappa shape index (κ2) is 12.4. The minimum atomic E-state index is -0.743. The molecular weight excluding hydrogens is 508 g/mol. The molecule has 1 heterocycles. The molecule has 0 saturated heterocycles. The van der Waals surface area contributed by atoms with Crippen molar-refractivity contribution in [3.05, 3.63) is 125 Å². The topological polar surface area (TPSA) is 86.9 Å². The number of nitrogens with zero attached hydrogens (tertiary/aromatic N) is 1. The lowest BCUT2D eigenvalue weighted by Gasteiger charge is -2.19. The summed E-state index contributed by atoms with van der Waals surface area (Å²) in [7, 11) is 0. The van der Waals surface area contributed by atoms with Gasteiger partial charge in [0.25, 0.3) is 5.91 Å². The first-order valence-electron chi connectivity index (χ1n) is 13.0. The third kappa shape index (κ3) is 6.72. The van der Waals surface area contributed by atoms with E-state index < -0.39 is 6.04 Å². The number of hydrogen-bond acceptors (Lipinski definition) is 3. The number of halogens is 1. The second-order valence-corrected chi connectivity index (χ2v) is 9.87. The number of H-pyrrole nitrogens is 1. The summed E-state index contributed by atoms with van der Waals surface area (Å²) in [6.45, 7) is 0.517. The molecule has 196 valence electrons. The fourth-order valence-corrected chi connectivity index (χ4v) is 4.68. The van der Waals surface area contributed by atoms with Crippen LogP contribution in [0.1, 0.15) is 27.9 Å². The minimum Gasteiger partial charge on any atom is -0.354 e. The highest BCUT2D eigenvalue weighted by Crippen LogP contribution is 2.26. The molecular formula is C32H29ClN4O2. The average molecular weight is 537 g/mol. The Morgan fingerprint density at radius 2 is 1.56 bits per heavy atom. The van der Waals surface area contributed by atoms with Crippen LogP contribution in [-0.4, -0.2) is 34.6 Å². The Labute approximate surface area is 232 Å². The van der Waals surface area contributed by atoms with Gasteiger partial charge in [0.05, 0.1) is 11.2 Å². The van der Waals surface area contributed by atoms with Gasteiger partial charge in [-0.05, 0) is 54.3 Å². The van der Waals surface area contributed by atoms with Gasteiger partial charge in [0, 0.05) is 34.5 Å². The normalized spacial score (nSPS) is 11.7. The Hall–Kier alpha value is -4.42. The summed E-state index contributed by atoms with van der Waals surface area (Å²) in [6.07, 6.45) is 2.01. The van der Waals surface area contributed by atoms with Crippen LogP contribution in [0.5, 0.6) is 0 Å². The largest absolute Gasteiger partial charge is 0.354 e. The summed E-state index contributed by atoms with van der Waals surface area (Å²) in [6, 6.07) is 32.0. The smallest absolute Gasteiger partial charge is 0.252 e. The average Bonchev–Trinajstić information content (AvgIpc) is 3.40. The SMILES string of the molecule is O=C(NC(Cc1ccc(Cl)cc1)C(=O)NCCCc1ccccc1)c1ccc2c(-c3ccccc3)n[nH]c2c1. The van der Waals surface area contributed by atoms with Crippen LogP contribution < -0.4 is 10.6 Å². The van der Waals surface area contributed by atoms with Crippen LogP contribution in [0.2, 0.25) is 5.02 Å². The number of amides is 2. The van der Waals surface area contributed by atoms with Gasteiger partial charge < -0.3 is 10.6 Å². The fraction of sp³-hybridized carbons (Fsp3) is 0.156. The van der Waals surface area contributed by atoms with Crippen molar-refractivity contribution in [3.8, 4) is 11.3 Å². The van der Waals surface area contributed by atoms with E-state index in [1.807, 2.05) is 66.7 Å². The highest BCUT2D eigenvalue weighted by molar-refractivity contribution is 6.30. The Morgan fingerprint density at radius 3 is 2.31 bits per heavy atom. The number of benzene rings is 4. The maximum atomic E-state index is 13.3. The van der Waals surface area contributed by atoms with Crippen molar-refractivity contribution in [1.29, 1.82) is 0 Å². The van der Waals surface area contributed by atoms with Crippen LogP contribution in [0.4, 0.5) is 0 Å². The molecule has 5 rings (SSSR count). The summed E-state index contributed by atoms with van der Waals surface area (Å²) in [4.78, 5) is 26.5. The van der Waals surface area contributed by atoms with Crippen LogP contribution >= 0.6 is 11.6 Å². The quantitative estimate of drug-likeness (QED) is 0.192. The summed E-state index contributed by atoms with van der Waals surface area (Å²) >= 11 is 6.04. The lowest BCUT2D eigenvalue weighted by Crippen LogP contribution is -2.48. The zero-order valence-corrected chi connectivity index (χ0v) is 22.1. The van der Waals surface area contributed by atoms with Crippen molar-refractivity contribution in [2.75, 3.05) is 6.54 Å². The standard InChI is InChI=1S/C32H29ClN4O2/c33-26-16-13-23(14-17-26)20-29(32(39)34-19-7-10-22-8-3-1-4-9-22)35-31(38)25-15-18-27-28(21-25)36-37-30(27)24-11-5-2-6-12-24/h1-6,8-9,11-18,21,29H,7,10,19-20H2,(H,34,39)(H,35,38)(H,36,37). The Kier molecular flexibility index (Phi) is 8.34. The van der Waals surface area contributed by atoms with E-state index in [2.05, 4.69) is 33.0 Å². The van der Waals surface area contributed by atoms with E-state index in [1.54, 1.807) is 24.3 Å². The molecule has 2 amide bonds. The van der Waals surface area contributed by atoms with E-state index in [4.69, 9.17) is 11.6 Å². The van der Waals surface area contributed by atoms with Gasteiger partial charge in [-0.15, -0.1) is 0 Å². The molecule has 0 fully saturated rings. The van der Waals surface area contributed by atoms with Crippen LogP contribution in [0.15, 0.2) is 103 Å². The molecule has 0 aliphatic rings. The third-order valence-corrected chi connectivity index (χ3v) is 6.88. The second-order valence-electron chi connectivity index (χ2n) is 9.44. The number of aromatic nitrogens is 2. The Balaban J connectivity index is 1.28. The number of fused-ring (bicyclic) bond motifs is 1. The van der Waals surface area contributed by atoms with Gasteiger partial charge in [0.2, 0.25) is 5.91 Å². The predicted molar refractivity (Wildman–Crippen MR) is 156 cm³/mol. The first-order valence-corrected chi connectivity index (χ1v) is 13.3. The van der Waals surface area contributed by atoms with Crippen LogP contribution in [0.25, 0.3) is 22.2 Å². The summed E-state index contributed by atoms with van der Waals surface area (Å²) in [5, 5.41) is 15.0. The highest BCUT2D eigenvalue weighted by Gasteiger charge is 2.22. The van der Waals surface area contributed by atoms with Crippen molar-refractivity contribution in [1.82, 2.24) is 20.8 Å². The number of carbonyl (C=O) groups is 2. The Bertz CT molecular complexity index is 1550. The number of aromatic amines is 1. The molecule has 0 aliphatic heterocycles. The van der Waals surface area contributed by atoms with Crippen molar-refractivity contribution in [2.24, 2.45) is 0 Å². The lowest BCUT2D eigenvalue weighted by molar-refractivity contribution is -0.122. The van der Waals surface area contributed by atoms with Gasteiger partial charge in [-0.3, -0.25) is 14.7 Å². The number of rotatable bonds is 10. The molecule has 5 aromatic rings. The summed E-state index contributed by atoms with van der Waals surface area (Å²) < 4.78 is 0. The minimum absolute atomic E-state index is 0.222. The van der Waals surface area contributed by atoms with Gasteiger partial charge in [0.1, 0.15) is 6.04 Å². The zero-order chi connectivity index (χ0) is 27.0. The van der Waals surface area contributed by atoms with Gasteiger partial charge in [-0.1, -0.05) is 84.4 Å². The summed E-state index contributed by atoms with van der Waals surface area (Å²) in [5.74, 6) is -0.550. The zero-order valence-electron chi connectivity index (χ0n) is 21.4. The van der Waals surface area contributed by atoms with E-state index in [1.165, 1.54) is 5.56 Å². The van der Waals surface area contributed by atoms with Crippen molar-refractivity contribution >= 4 is 34.3 Å². The molecule has 0 spiro atoms. The summed E-state index contributed by atoms with van der Waals surface area (Å²) in [5.41, 5.74) is 5.15. The molecule has 7 heteroatoms. The number of nitrogens with one attached hydrogen (secondary N) is 3. The van der Waals surface area contributed by atoms with E-state index in [0.717, 1.165) is 40.6 Å². The monoisotopic (exact) mass is 536 g/mol. The van der Waals surface area contributed by atoms with Gasteiger partial charge in [-0.2, -0.15) is 5.10 Å². The van der Waals surface area contributed by atoms with Crippen LogP contribution in [0, 0.1) is 0 Å². The van der Waals surface area contributed by atoms with E-state index >= 15 is 0 Å². The molecule has 1 unspecified atom stereocenters. The highest BCUT2D eigenvalue weighted by atomic mass is 35.5. The molecule has 3 N–H and O–H groups in total. The molecule has 39 heavy (non-hydrogen) atoms. The van der Waals surface area contributed by atoms with Crippen molar-refractivity contribution in [3.63, 3.8) is 0 Å². The fourth-order valence-electron chi connectivity index (χ4n) is 4.56. The molecule has 0 aliphatic carbocycles. The van der Waals surface area contributed by atoms with Crippen molar-refractivity contribution in [2.45, 2.75) is 25.3 Å². The van der Waals surface area contributed by atoms with Crippen LogP contribution in [-0.2, 0) is 17.6 Å². The van der Waals surface area contributed by atoms with Crippen molar-refractivity contribution < 1.29 is 9.59 Å². The van der Waals surface area contributed by atoms with Crippen LogP contribution in [0.3, 0.4) is 0 Å². The van der Waals surface area contributed by atoms with E-state index in [-0.39, 0.29) is 11.8 Å². The molecule has 0 bridgehead atoms. The molecule has 0 saturated carbocycles. The van der Waals surface area contributed by atoms with Gasteiger partial charge in [0.15, 0.2) is 0 Å². The first-order chi connectivity index (χ1) is 19.1. The molecule has 4 aromatic carbocycles. The third-order valence-electron chi connectivity index (χ3n) is 6.63. The number of carbonyl (C=O) groups excluding carboxylic acids is 2. The maximum absolute atomic E-state index is 13.3. The molecule has 6 nitrogen and oxygen atoms in total. The Morgan fingerprint density at radius 1 is 0.846 bits per heavy atom. The molecule has 1 atom stereocenters. The predicted octanol–water partition coefficient (Wildman–Crippen LogP) is 5.97. The van der Waals surface area contributed by atoms with E-state index in [9.17, 15) is 9.59 Å². The lowest BCUT2D eigenvalue weighted by atomic mass is 10.0. The number of hydrogen-bond donors (Lipinski definition) is 3. The number of aryl methyl sites for hydroxylation is 1. The maximum Gasteiger partial charge on any atom is 0.252 e. The molecule has 1 aromatic heterocycles. The van der Waals surface area contributed by atoms with E-state index in [0.29, 0.717) is 23.6 Å². The van der Waals surface area contributed by atoms with Gasteiger partial charge >= 0.3 is 0 Å². The van der Waals surface area contributed by atoms with Gasteiger partial charge in [-0.25, -0.2) is 0 Å².